The fourth-order valence-electron chi connectivity index (χ4n) is 1.49. The Labute approximate surface area is 87.5 Å². The lowest BCUT2D eigenvalue weighted by Gasteiger charge is -2.09. The number of benzene rings is 1. The summed E-state index contributed by atoms with van der Waals surface area (Å²) in [6, 6.07) is 3.39. The number of hydrogen-bond donors (Lipinski definition) is 1. The Bertz CT molecular complexity index is 421. The van der Waals surface area contributed by atoms with E-state index in [0.29, 0.717) is 11.3 Å². The van der Waals surface area contributed by atoms with Crippen molar-refractivity contribution in [3.8, 4) is 5.75 Å². The summed E-state index contributed by atoms with van der Waals surface area (Å²) in [6.45, 7) is 3.54. The Morgan fingerprint density at radius 2 is 1.87 bits per heavy atom. The first-order chi connectivity index (χ1) is 6.97. The Kier molecular flexibility index (Phi) is 3.09. The molecule has 0 spiro atoms. The van der Waals surface area contributed by atoms with E-state index in [9.17, 15) is 9.59 Å². The fraction of sp³-hybridized carbons (Fsp3) is 0.273. The second kappa shape index (κ2) is 4.13. The van der Waals surface area contributed by atoms with Crippen LogP contribution < -0.4 is 4.74 Å². The molecule has 0 saturated carbocycles. The monoisotopic (exact) mass is 208 g/mol. The highest BCUT2D eigenvalue weighted by atomic mass is 16.5. The van der Waals surface area contributed by atoms with Gasteiger partial charge >= 0.3 is 5.97 Å². The first kappa shape index (κ1) is 11.2. The van der Waals surface area contributed by atoms with Crippen molar-refractivity contribution in [3.63, 3.8) is 0 Å². The summed E-state index contributed by atoms with van der Waals surface area (Å²) < 4.78 is 4.99. The molecule has 0 aliphatic heterocycles. The van der Waals surface area contributed by atoms with E-state index < -0.39 is 11.8 Å². The SMILES string of the molecule is COc1cc(C)cc(C)c1C(=O)C(=O)O. The van der Waals surface area contributed by atoms with E-state index in [2.05, 4.69) is 0 Å². The van der Waals surface area contributed by atoms with Crippen molar-refractivity contribution >= 4 is 11.8 Å². The van der Waals surface area contributed by atoms with Crippen LogP contribution in [0.25, 0.3) is 0 Å². The van der Waals surface area contributed by atoms with Crippen molar-refractivity contribution in [1.29, 1.82) is 0 Å². The third-order valence-corrected chi connectivity index (χ3v) is 2.08. The zero-order valence-corrected chi connectivity index (χ0v) is 8.83. The van der Waals surface area contributed by atoms with Gasteiger partial charge in [0.1, 0.15) is 5.75 Å². The first-order valence-corrected chi connectivity index (χ1v) is 4.40. The molecule has 4 nitrogen and oxygen atoms in total. The molecule has 0 aliphatic carbocycles. The second-order valence-corrected chi connectivity index (χ2v) is 3.29. The predicted octanol–water partition coefficient (Wildman–Crippen LogP) is 1.58. The van der Waals surface area contributed by atoms with Crippen molar-refractivity contribution in [2.45, 2.75) is 13.8 Å². The molecule has 1 aromatic carbocycles. The average Bonchev–Trinajstić information content (AvgIpc) is 2.15. The molecular formula is C11H12O4. The Morgan fingerprint density at radius 3 is 2.33 bits per heavy atom. The summed E-state index contributed by atoms with van der Waals surface area (Å²) in [5, 5.41) is 8.64. The number of aliphatic carboxylic acids is 1. The highest BCUT2D eigenvalue weighted by Crippen LogP contribution is 2.24. The summed E-state index contributed by atoms with van der Waals surface area (Å²) in [4.78, 5) is 22.0. The van der Waals surface area contributed by atoms with Crippen molar-refractivity contribution in [1.82, 2.24) is 0 Å². The van der Waals surface area contributed by atoms with Crippen LogP contribution in [0.3, 0.4) is 0 Å². The van der Waals surface area contributed by atoms with E-state index in [1.807, 2.05) is 6.92 Å². The topological polar surface area (TPSA) is 63.6 Å². The molecule has 80 valence electrons. The molecule has 0 unspecified atom stereocenters. The molecule has 15 heavy (non-hydrogen) atoms. The summed E-state index contributed by atoms with van der Waals surface area (Å²) in [7, 11) is 1.41. The minimum atomic E-state index is -1.47. The maximum atomic E-state index is 11.4. The number of Topliss-reactive ketones (excluding diaryl/α,β-unsaturated/α-hetero) is 1. The zero-order chi connectivity index (χ0) is 11.6. The van der Waals surface area contributed by atoms with E-state index >= 15 is 0 Å². The maximum Gasteiger partial charge on any atom is 0.377 e. The van der Waals surface area contributed by atoms with E-state index in [0.717, 1.165) is 5.56 Å². The maximum absolute atomic E-state index is 11.4. The average molecular weight is 208 g/mol. The number of carboxylic acids is 1. The van der Waals surface area contributed by atoms with E-state index in [4.69, 9.17) is 9.84 Å². The molecule has 0 fully saturated rings. The van der Waals surface area contributed by atoms with Crippen molar-refractivity contribution in [2.75, 3.05) is 7.11 Å². The molecule has 0 bridgehead atoms. The van der Waals surface area contributed by atoms with Gasteiger partial charge in [-0.2, -0.15) is 0 Å². The third kappa shape index (κ3) is 2.15. The van der Waals surface area contributed by atoms with Crippen molar-refractivity contribution < 1.29 is 19.4 Å². The van der Waals surface area contributed by atoms with E-state index in [1.54, 1.807) is 19.1 Å². The molecular weight excluding hydrogens is 196 g/mol. The van der Waals surface area contributed by atoms with Gasteiger partial charge in [0.15, 0.2) is 0 Å². The van der Waals surface area contributed by atoms with Gasteiger partial charge in [-0.15, -0.1) is 0 Å². The molecule has 0 atom stereocenters. The molecule has 1 N–H and O–H groups in total. The highest BCUT2D eigenvalue weighted by molar-refractivity contribution is 6.40. The minimum absolute atomic E-state index is 0.121. The molecule has 1 rings (SSSR count). The molecule has 0 radical (unpaired) electrons. The van der Waals surface area contributed by atoms with Crippen LogP contribution >= 0.6 is 0 Å². The Morgan fingerprint density at radius 1 is 1.27 bits per heavy atom. The summed E-state index contributed by atoms with van der Waals surface area (Å²) in [5.74, 6) is -2.11. The number of ketones is 1. The van der Waals surface area contributed by atoms with Gasteiger partial charge in [0.25, 0.3) is 5.78 Å². The number of carbonyl (C=O) groups is 2. The number of methoxy groups -OCH3 is 1. The van der Waals surface area contributed by atoms with Gasteiger partial charge in [-0.3, -0.25) is 4.79 Å². The summed E-state index contributed by atoms with van der Waals surface area (Å²) in [5.41, 5.74) is 1.65. The lowest BCUT2D eigenvalue weighted by Crippen LogP contribution is -2.15. The van der Waals surface area contributed by atoms with Crippen LogP contribution in [0.4, 0.5) is 0 Å². The van der Waals surface area contributed by atoms with Gasteiger partial charge in [0, 0.05) is 0 Å². The number of carbonyl (C=O) groups excluding carboxylic acids is 1. The normalized spacial score (nSPS) is 9.80. The fourth-order valence-corrected chi connectivity index (χ4v) is 1.49. The third-order valence-electron chi connectivity index (χ3n) is 2.08. The first-order valence-electron chi connectivity index (χ1n) is 4.40. The molecule has 0 aromatic heterocycles. The van der Waals surface area contributed by atoms with E-state index in [1.165, 1.54) is 7.11 Å². The van der Waals surface area contributed by atoms with Crippen LogP contribution in [-0.4, -0.2) is 24.0 Å². The Balaban J connectivity index is 3.39. The van der Waals surface area contributed by atoms with Gasteiger partial charge < -0.3 is 9.84 Å². The van der Waals surface area contributed by atoms with Crippen molar-refractivity contribution in [3.05, 3.63) is 28.8 Å². The van der Waals surface area contributed by atoms with Gasteiger partial charge in [-0.05, 0) is 31.0 Å². The van der Waals surface area contributed by atoms with Gasteiger partial charge in [0.2, 0.25) is 0 Å². The zero-order valence-electron chi connectivity index (χ0n) is 8.83. The van der Waals surface area contributed by atoms with Crippen molar-refractivity contribution in [2.24, 2.45) is 0 Å². The van der Waals surface area contributed by atoms with Crippen LogP contribution in [0, 0.1) is 13.8 Å². The molecule has 1 aromatic rings. The lowest BCUT2D eigenvalue weighted by molar-refractivity contribution is -0.131. The smallest absolute Gasteiger partial charge is 0.377 e. The summed E-state index contributed by atoms with van der Waals surface area (Å²) in [6.07, 6.45) is 0. The van der Waals surface area contributed by atoms with Gasteiger partial charge in [-0.1, -0.05) is 6.07 Å². The molecule has 0 amide bonds. The van der Waals surface area contributed by atoms with Crippen LogP contribution in [0.1, 0.15) is 21.5 Å². The number of aryl methyl sites for hydroxylation is 2. The Hall–Kier alpha value is -1.84. The van der Waals surface area contributed by atoms with Gasteiger partial charge in [-0.25, -0.2) is 4.79 Å². The molecule has 0 aliphatic rings. The number of carboxylic acid groups (broad SMARTS) is 1. The molecule has 0 heterocycles. The standard InChI is InChI=1S/C11H12O4/c1-6-4-7(2)9(8(5-6)15-3)10(12)11(13)14/h4-5H,1-3H3,(H,13,14). The van der Waals surface area contributed by atoms with Crippen LogP contribution in [0.5, 0.6) is 5.75 Å². The highest BCUT2D eigenvalue weighted by Gasteiger charge is 2.21. The number of ether oxygens (including phenoxy) is 1. The van der Waals surface area contributed by atoms with Crippen LogP contribution in [-0.2, 0) is 4.79 Å². The lowest BCUT2D eigenvalue weighted by atomic mass is 10.0. The predicted molar refractivity (Wildman–Crippen MR) is 54.4 cm³/mol. The quantitative estimate of drug-likeness (QED) is 0.605. The summed E-state index contributed by atoms with van der Waals surface area (Å²) >= 11 is 0. The van der Waals surface area contributed by atoms with Gasteiger partial charge in [0.05, 0.1) is 12.7 Å². The minimum Gasteiger partial charge on any atom is -0.496 e. The van der Waals surface area contributed by atoms with Crippen LogP contribution in [0.2, 0.25) is 0 Å². The van der Waals surface area contributed by atoms with E-state index in [-0.39, 0.29) is 5.56 Å². The number of rotatable bonds is 3. The second-order valence-electron chi connectivity index (χ2n) is 3.29. The molecule has 0 saturated heterocycles. The number of hydrogen-bond acceptors (Lipinski definition) is 3. The largest absolute Gasteiger partial charge is 0.496 e. The molecule has 4 heteroatoms. The van der Waals surface area contributed by atoms with Crippen LogP contribution in [0.15, 0.2) is 12.1 Å².